The molecular weight excluding hydrogens is 342 g/mol. The van der Waals surface area contributed by atoms with Gasteiger partial charge in [-0.05, 0) is 37.8 Å². The molecule has 1 amide bonds. The van der Waals surface area contributed by atoms with E-state index in [4.69, 9.17) is 4.74 Å². The maximum atomic E-state index is 12.8. The number of amides is 1. The molecule has 8 nitrogen and oxygen atoms in total. The predicted molar refractivity (Wildman–Crippen MR) is 91.2 cm³/mol. The first-order valence-electron chi connectivity index (χ1n) is 7.80. The molecular formula is C16H15N5O3S. The number of hydrogen-bond acceptors (Lipinski definition) is 7. The number of fused-ring (bicyclic) bond motifs is 2. The molecule has 1 aliphatic carbocycles. The number of nitrogens with zero attached hydrogens (tertiary/aromatic N) is 4. The summed E-state index contributed by atoms with van der Waals surface area (Å²) in [6.45, 7) is 1.78. The Morgan fingerprint density at radius 2 is 2.20 bits per heavy atom. The average molecular weight is 357 g/mol. The van der Waals surface area contributed by atoms with E-state index in [-0.39, 0.29) is 5.91 Å². The van der Waals surface area contributed by atoms with Gasteiger partial charge in [0.1, 0.15) is 17.0 Å². The largest absolute Gasteiger partial charge is 0.465 e. The van der Waals surface area contributed by atoms with E-state index in [0.29, 0.717) is 27.7 Å². The number of rotatable bonds is 3. The van der Waals surface area contributed by atoms with Crippen molar-refractivity contribution in [3.63, 3.8) is 0 Å². The standard InChI is InChI=1S/C16H15N5O3S/c1-8-6-10(21-16(19-8)17-7-18-21)13(22)20-14-12(15(23)24-2)9-4-3-5-11(9)25-14/h6-7H,3-5H2,1-2H3,(H,20,22). The third-order valence-corrected chi connectivity index (χ3v) is 5.36. The van der Waals surface area contributed by atoms with E-state index in [1.165, 1.54) is 29.3 Å². The Morgan fingerprint density at radius 1 is 1.36 bits per heavy atom. The van der Waals surface area contributed by atoms with E-state index < -0.39 is 5.97 Å². The van der Waals surface area contributed by atoms with Crippen LogP contribution < -0.4 is 5.32 Å². The summed E-state index contributed by atoms with van der Waals surface area (Å²) in [6.07, 6.45) is 4.11. The monoisotopic (exact) mass is 357 g/mol. The smallest absolute Gasteiger partial charge is 0.341 e. The Labute approximate surface area is 146 Å². The Kier molecular flexibility index (Phi) is 3.72. The van der Waals surface area contributed by atoms with E-state index >= 15 is 0 Å². The number of hydrogen-bond donors (Lipinski definition) is 1. The van der Waals surface area contributed by atoms with Gasteiger partial charge in [0, 0.05) is 10.6 Å². The number of aromatic nitrogens is 4. The zero-order chi connectivity index (χ0) is 17.6. The highest BCUT2D eigenvalue weighted by Crippen LogP contribution is 2.39. The van der Waals surface area contributed by atoms with Crippen molar-refractivity contribution < 1.29 is 14.3 Å². The van der Waals surface area contributed by atoms with Crippen LogP contribution in [0.1, 0.15) is 43.4 Å². The number of anilines is 1. The fourth-order valence-electron chi connectivity index (χ4n) is 3.07. The lowest BCUT2D eigenvalue weighted by atomic mass is 10.1. The zero-order valence-corrected chi connectivity index (χ0v) is 14.5. The van der Waals surface area contributed by atoms with Gasteiger partial charge in [-0.1, -0.05) is 0 Å². The zero-order valence-electron chi connectivity index (χ0n) is 13.7. The van der Waals surface area contributed by atoms with Crippen LogP contribution in [0, 0.1) is 6.92 Å². The van der Waals surface area contributed by atoms with E-state index in [1.54, 1.807) is 13.0 Å². The summed E-state index contributed by atoms with van der Waals surface area (Å²) in [6, 6.07) is 1.64. The Bertz CT molecular complexity index is 1010. The molecule has 3 heterocycles. The molecule has 0 saturated carbocycles. The van der Waals surface area contributed by atoms with Crippen molar-refractivity contribution in [2.45, 2.75) is 26.2 Å². The molecule has 0 aromatic carbocycles. The van der Waals surface area contributed by atoms with Crippen molar-refractivity contribution in [1.82, 2.24) is 19.6 Å². The third kappa shape index (κ3) is 2.56. The van der Waals surface area contributed by atoms with Gasteiger partial charge in [-0.2, -0.15) is 14.6 Å². The van der Waals surface area contributed by atoms with Crippen LogP contribution in [0.15, 0.2) is 12.4 Å². The molecule has 1 aliphatic rings. The minimum atomic E-state index is -0.425. The van der Waals surface area contributed by atoms with Crippen molar-refractivity contribution in [3.8, 4) is 0 Å². The van der Waals surface area contributed by atoms with Crippen LogP contribution >= 0.6 is 11.3 Å². The number of carbonyl (C=O) groups is 2. The quantitative estimate of drug-likeness (QED) is 0.720. The average Bonchev–Trinajstić information content (AvgIpc) is 3.28. The van der Waals surface area contributed by atoms with Crippen LogP contribution in [0.3, 0.4) is 0 Å². The first kappa shape index (κ1) is 15.7. The molecule has 0 radical (unpaired) electrons. The summed E-state index contributed by atoms with van der Waals surface area (Å²) in [7, 11) is 1.35. The predicted octanol–water partition coefficient (Wildman–Crippen LogP) is 2.02. The maximum Gasteiger partial charge on any atom is 0.341 e. The minimum Gasteiger partial charge on any atom is -0.465 e. The summed E-state index contributed by atoms with van der Waals surface area (Å²) >= 11 is 1.43. The second-order valence-electron chi connectivity index (χ2n) is 5.76. The maximum absolute atomic E-state index is 12.8. The molecule has 25 heavy (non-hydrogen) atoms. The third-order valence-electron chi connectivity index (χ3n) is 4.15. The van der Waals surface area contributed by atoms with Crippen molar-refractivity contribution in [2.24, 2.45) is 0 Å². The van der Waals surface area contributed by atoms with Crippen LogP contribution in [-0.4, -0.2) is 38.6 Å². The van der Waals surface area contributed by atoms with Gasteiger partial charge < -0.3 is 10.1 Å². The lowest BCUT2D eigenvalue weighted by Gasteiger charge is -2.08. The molecule has 0 spiro atoms. The molecule has 3 aromatic heterocycles. The molecule has 128 valence electrons. The van der Waals surface area contributed by atoms with Gasteiger partial charge in [0.05, 0.1) is 12.7 Å². The molecule has 4 rings (SSSR count). The lowest BCUT2D eigenvalue weighted by Crippen LogP contribution is -2.18. The second-order valence-corrected chi connectivity index (χ2v) is 6.87. The summed E-state index contributed by atoms with van der Waals surface area (Å²) in [5.41, 5.74) is 2.43. The van der Waals surface area contributed by atoms with Crippen LogP contribution in [0.5, 0.6) is 0 Å². The van der Waals surface area contributed by atoms with Gasteiger partial charge in [0.25, 0.3) is 11.7 Å². The normalized spacial score (nSPS) is 13.0. The first-order chi connectivity index (χ1) is 12.1. The van der Waals surface area contributed by atoms with Gasteiger partial charge in [0.15, 0.2) is 0 Å². The SMILES string of the molecule is COC(=O)c1c(NC(=O)c2cc(C)nc3ncnn23)sc2c1CCC2. The van der Waals surface area contributed by atoms with Crippen LogP contribution in [0.4, 0.5) is 5.00 Å². The van der Waals surface area contributed by atoms with Gasteiger partial charge in [-0.15, -0.1) is 11.3 Å². The molecule has 0 atom stereocenters. The number of aryl methyl sites for hydroxylation is 2. The molecule has 9 heteroatoms. The van der Waals surface area contributed by atoms with Gasteiger partial charge >= 0.3 is 5.97 Å². The second kappa shape index (κ2) is 5.92. The topological polar surface area (TPSA) is 98.5 Å². The Balaban J connectivity index is 1.74. The molecule has 3 aromatic rings. The number of ether oxygens (including phenoxy) is 1. The summed E-state index contributed by atoms with van der Waals surface area (Å²) in [5, 5.41) is 7.40. The molecule has 0 aliphatic heterocycles. The number of methoxy groups -OCH3 is 1. The molecule has 0 saturated heterocycles. The first-order valence-corrected chi connectivity index (χ1v) is 8.61. The van der Waals surface area contributed by atoms with Crippen molar-refractivity contribution in [2.75, 3.05) is 12.4 Å². The van der Waals surface area contributed by atoms with Crippen molar-refractivity contribution in [3.05, 3.63) is 39.8 Å². The summed E-state index contributed by atoms with van der Waals surface area (Å²) in [4.78, 5) is 34.4. The Hall–Kier alpha value is -2.81. The summed E-state index contributed by atoms with van der Waals surface area (Å²) in [5.74, 6) is -0.440. The minimum absolute atomic E-state index is 0.310. The number of carbonyl (C=O) groups excluding carboxylic acids is 2. The van der Waals surface area contributed by atoms with E-state index in [0.717, 1.165) is 29.7 Å². The highest BCUT2D eigenvalue weighted by molar-refractivity contribution is 7.17. The Morgan fingerprint density at radius 3 is 3.00 bits per heavy atom. The van der Waals surface area contributed by atoms with Crippen molar-refractivity contribution in [1.29, 1.82) is 0 Å². The van der Waals surface area contributed by atoms with Crippen LogP contribution in [0.2, 0.25) is 0 Å². The molecule has 0 unspecified atom stereocenters. The van der Waals surface area contributed by atoms with E-state index in [1.807, 2.05) is 0 Å². The fourth-order valence-corrected chi connectivity index (χ4v) is 4.34. The highest BCUT2D eigenvalue weighted by Gasteiger charge is 2.28. The number of thiophene rings is 1. The van der Waals surface area contributed by atoms with Gasteiger partial charge in [0.2, 0.25) is 0 Å². The van der Waals surface area contributed by atoms with Crippen LogP contribution in [-0.2, 0) is 17.6 Å². The number of nitrogens with one attached hydrogen (secondary N) is 1. The number of esters is 1. The fraction of sp³-hybridized carbons (Fsp3) is 0.312. The van der Waals surface area contributed by atoms with Gasteiger partial charge in [-0.25, -0.2) is 9.78 Å². The van der Waals surface area contributed by atoms with E-state index in [2.05, 4.69) is 20.4 Å². The molecule has 0 bridgehead atoms. The highest BCUT2D eigenvalue weighted by atomic mass is 32.1. The van der Waals surface area contributed by atoms with Crippen LogP contribution in [0.25, 0.3) is 5.78 Å². The molecule has 1 N–H and O–H groups in total. The van der Waals surface area contributed by atoms with E-state index in [9.17, 15) is 9.59 Å². The summed E-state index contributed by atoms with van der Waals surface area (Å²) < 4.78 is 6.28. The van der Waals surface area contributed by atoms with Crippen molar-refractivity contribution >= 4 is 34.0 Å². The molecule has 0 fully saturated rings. The van der Waals surface area contributed by atoms with Gasteiger partial charge in [-0.3, -0.25) is 4.79 Å². The lowest BCUT2D eigenvalue weighted by molar-refractivity contribution is 0.0601.